The van der Waals surface area contributed by atoms with Crippen molar-refractivity contribution < 1.29 is 103 Å². The van der Waals surface area contributed by atoms with Gasteiger partial charge in [0.1, 0.15) is 0 Å². The molecule has 0 aliphatic heterocycles. The monoisotopic (exact) mass is 410 g/mol. The van der Waals surface area contributed by atoms with E-state index in [1.54, 1.807) is 0 Å². The van der Waals surface area contributed by atoms with Crippen LogP contribution in [-0.2, 0) is 23.5 Å². The van der Waals surface area contributed by atoms with Gasteiger partial charge >= 0.3 is 55.3 Å². The minimum Gasteiger partial charge on any atom is -0.756 e. The maximum absolute atomic E-state index is 10.3. The number of hydrogen-bond acceptors (Lipinski definition) is 7. The molecule has 0 aliphatic carbocycles. The number of rotatable bonds is 5. The molecule has 9 N–H and O–H groups in total. The molecular formula is C6H13NaO15P2. The molecule has 0 bridgehead atoms. The number of aliphatic carboxylic acids is 3. The summed E-state index contributed by atoms with van der Waals surface area (Å²) < 4.78 is 17.7. The fraction of sp³-hybridized carbons (Fsp3) is 0.500. The molecule has 18 heteroatoms. The molecule has 0 aromatic rings. The smallest absolute Gasteiger partial charge is 0.756 e. The van der Waals surface area contributed by atoms with Crippen LogP contribution in [0.1, 0.15) is 12.8 Å². The minimum atomic E-state index is -4.89. The van der Waals surface area contributed by atoms with Gasteiger partial charge in [-0.25, -0.2) is 9.36 Å². The number of aliphatic hydroxyl groups is 1. The van der Waals surface area contributed by atoms with Crippen LogP contribution in [0.15, 0.2) is 0 Å². The average Bonchev–Trinajstić information content (AvgIpc) is 2.07. The van der Waals surface area contributed by atoms with E-state index >= 15 is 0 Å². The summed E-state index contributed by atoms with van der Waals surface area (Å²) in [5.41, 5.74) is -2.74. The van der Waals surface area contributed by atoms with E-state index in [0.29, 0.717) is 0 Å². The molecule has 0 atom stereocenters. The quantitative estimate of drug-likeness (QED) is 0.150. The van der Waals surface area contributed by atoms with E-state index in [1.807, 2.05) is 0 Å². The van der Waals surface area contributed by atoms with Gasteiger partial charge in [0.2, 0.25) is 0 Å². The van der Waals surface area contributed by atoms with E-state index in [9.17, 15) is 14.4 Å². The van der Waals surface area contributed by atoms with Gasteiger partial charge in [0, 0.05) is 0 Å². The first-order valence-corrected chi connectivity index (χ1v) is 7.81. The van der Waals surface area contributed by atoms with Gasteiger partial charge in [-0.1, -0.05) is 0 Å². The van der Waals surface area contributed by atoms with Crippen molar-refractivity contribution in [1.29, 1.82) is 0 Å². The number of phosphoric acid groups is 2. The average molecular weight is 410 g/mol. The van der Waals surface area contributed by atoms with E-state index in [1.165, 1.54) is 0 Å². The van der Waals surface area contributed by atoms with Crippen LogP contribution in [0.25, 0.3) is 0 Å². The topological polar surface area (TPSA) is 290 Å². The van der Waals surface area contributed by atoms with Crippen LogP contribution in [0.5, 0.6) is 0 Å². The zero-order chi connectivity index (χ0) is 19.6. The zero-order valence-corrected chi connectivity index (χ0v) is 15.6. The first-order chi connectivity index (χ1) is 9.78. The Kier molecular flexibility index (Phi) is 16.8. The standard InChI is InChI=1S/C6H8O7.Na.2H3O4P/c7-3(8)1-6(13,5(11)12)2-4(9)10;;2*1-5(2,3)4/h13H,1-2H2,(H,7,8)(H,9,10)(H,11,12);;2*(H3,1,2,3,4)/q;+1;;/p-1. The fourth-order valence-electron chi connectivity index (χ4n) is 0.714. The molecular weight excluding hydrogens is 397 g/mol. The maximum atomic E-state index is 10.3. The Morgan fingerprint density at radius 2 is 1.00 bits per heavy atom. The van der Waals surface area contributed by atoms with Crippen molar-refractivity contribution in [3.05, 3.63) is 0 Å². The van der Waals surface area contributed by atoms with Gasteiger partial charge in [0.05, 0.1) is 12.8 Å². The van der Waals surface area contributed by atoms with E-state index in [2.05, 4.69) is 0 Å². The van der Waals surface area contributed by atoms with Crippen molar-refractivity contribution in [2.45, 2.75) is 18.4 Å². The molecule has 0 saturated heterocycles. The van der Waals surface area contributed by atoms with Crippen molar-refractivity contribution in [3.8, 4) is 0 Å². The van der Waals surface area contributed by atoms with Crippen LogP contribution >= 0.6 is 15.6 Å². The summed E-state index contributed by atoms with van der Waals surface area (Å²) in [6.07, 6.45) is -2.29. The summed E-state index contributed by atoms with van der Waals surface area (Å²) in [5.74, 6) is -5.02. The van der Waals surface area contributed by atoms with Gasteiger partial charge in [-0.2, -0.15) is 0 Å². The molecule has 0 aromatic carbocycles. The molecule has 0 rings (SSSR count). The molecule has 0 amide bonds. The fourth-order valence-corrected chi connectivity index (χ4v) is 0.714. The number of carboxylic acid groups (broad SMARTS) is 3. The Morgan fingerprint density at radius 1 is 0.833 bits per heavy atom. The van der Waals surface area contributed by atoms with Crippen molar-refractivity contribution in [2.75, 3.05) is 0 Å². The van der Waals surface area contributed by atoms with E-state index in [0.717, 1.165) is 0 Å². The maximum Gasteiger partial charge on any atom is 1.00 e. The third-order valence-corrected chi connectivity index (χ3v) is 1.29. The van der Waals surface area contributed by atoms with Crippen molar-refractivity contribution in [3.63, 3.8) is 0 Å². The van der Waals surface area contributed by atoms with Crippen molar-refractivity contribution in [2.24, 2.45) is 0 Å². The van der Waals surface area contributed by atoms with Crippen molar-refractivity contribution in [1.82, 2.24) is 0 Å². The summed E-state index contributed by atoms with van der Waals surface area (Å²) in [4.78, 5) is 75.0. The van der Waals surface area contributed by atoms with Gasteiger partial charge in [-0.15, -0.1) is 0 Å². The molecule has 0 saturated carbocycles. The molecule has 0 fully saturated rings. The summed E-state index contributed by atoms with van der Waals surface area (Å²) >= 11 is 0. The summed E-state index contributed by atoms with van der Waals surface area (Å²) in [5, 5.41) is 33.8. The summed E-state index contributed by atoms with van der Waals surface area (Å²) in [7, 11) is -9.53. The van der Waals surface area contributed by atoms with Crippen molar-refractivity contribution >= 4 is 33.6 Å². The number of carboxylic acids is 3. The Bertz CT molecular complexity index is 452. The second-order valence-corrected chi connectivity index (χ2v) is 5.49. The molecule has 0 heterocycles. The van der Waals surface area contributed by atoms with Gasteiger partial charge in [0.25, 0.3) is 7.82 Å². The first kappa shape index (κ1) is 31.4. The van der Waals surface area contributed by atoms with Gasteiger partial charge in [0.15, 0.2) is 5.60 Å². The SMILES string of the molecule is O=C(O)CC(O)(CC(=O)O)C(=O)O.O=P(O)(O)O.O=P([O-])(O)O.[Na+]. The van der Waals surface area contributed by atoms with Crippen LogP contribution in [-0.4, -0.2) is 68.4 Å². The molecule has 0 radical (unpaired) electrons. The molecule has 0 unspecified atom stereocenters. The number of carbonyl (C=O) groups is 3. The van der Waals surface area contributed by atoms with Gasteiger partial charge < -0.3 is 49.8 Å². The molecule has 0 aromatic heterocycles. The van der Waals surface area contributed by atoms with Crippen LogP contribution in [0.3, 0.4) is 0 Å². The second-order valence-electron chi connectivity index (χ2n) is 3.48. The predicted octanol–water partition coefficient (Wildman–Crippen LogP) is -6.73. The molecule has 0 spiro atoms. The van der Waals surface area contributed by atoms with Crippen LogP contribution in [0, 0.1) is 0 Å². The van der Waals surface area contributed by atoms with E-state index in [-0.39, 0.29) is 29.6 Å². The largest absolute Gasteiger partial charge is 1.00 e. The molecule has 15 nitrogen and oxygen atoms in total. The van der Waals surface area contributed by atoms with E-state index < -0.39 is 52.0 Å². The summed E-state index contributed by atoms with van der Waals surface area (Å²) in [6, 6.07) is 0. The molecule has 24 heavy (non-hydrogen) atoms. The Labute approximate surface area is 155 Å². The zero-order valence-electron chi connectivity index (χ0n) is 11.8. The van der Waals surface area contributed by atoms with Gasteiger partial charge in [-0.05, 0) is 0 Å². The van der Waals surface area contributed by atoms with Gasteiger partial charge in [-0.3, -0.25) is 14.2 Å². The molecule has 138 valence electrons. The van der Waals surface area contributed by atoms with E-state index in [4.69, 9.17) is 58.9 Å². The number of hydrogen-bond donors (Lipinski definition) is 9. The molecule has 0 aliphatic rings. The third kappa shape index (κ3) is 37.7. The Morgan fingerprint density at radius 3 is 1.08 bits per heavy atom. The predicted molar refractivity (Wildman–Crippen MR) is 63.4 cm³/mol. The normalized spacial score (nSPS) is 10.8. The third-order valence-electron chi connectivity index (χ3n) is 1.29. The minimum absolute atomic E-state index is 0. The Balaban J connectivity index is -0.000000151. The first-order valence-electron chi connectivity index (χ1n) is 4.72. The van der Waals surface area contributed by atoms with Crippen LogP contribution < -0.4 is 34.5 Å². The Hall–Kier alpha value is -0.410. The van der Waals surface area contributed by atoms with Crippen LogP contribution in [0.4, 0.5) is 0 Å². The summed E-state index contributed by atoms with van der Waals surface area (Å²) in [6.45, 7) is 0. The second kappa shape index (κ2) is 12.9. The van der Waals surface area contributed by atoms with Crippen LogP contribution in [0.2, 0.25) is 0 Å².